The zero-order valence-corrected chi connectivity index (χ0v) is 10.3. The molecule has 3 rings (SSSR count). The Balaban J connectivity index is 1.75. The first-order chi connectivity index (χ1) is 7.83. The number of nitrogens with zero attached hydrogens (tertiary/aromatic N) is 1. The van der Waals surface area contributed by atoms with Crippen molar-refractivity contribution in [2.24, 2.45) is 5.73 Å². The van der Waals surface area contributed by atoms with Gasteiger partial charge in [0.15, 0.2) is 0 Å². The van der Waals surface area contributed by atoms with E-state index in [0.29, 0.717) is 6.10 Å². The first-order valence-electron chi connectivity index (χ1n) is 6.18. The van der Waals surface area contributed by atoms with Gasteiger partial charge in [0.1, 0.15) is 0 Å². The number of ether oxygens (including phenoxy) is 1. The number of rotatable bonds is 2. The second kappa shape index (κ2) is 4.43. The van der Waals surface area contributed by atoms with E-state index >= 15 is 0 Å². The zero-order chi connectivity index (χ0) is 11.0. The summed E-state index contributed by atoms with van der Waals surface area (Å²) in [5.41, 5.74) is 7.25. The van der Waals surface area contributed by atoms with Crippen molar-refractivity contribution in [3.05, 3.63) is 15.6 Å². The molecule has 1 aromatic heterocycles. The molecule has 0 saturated carbocycles. The molecule has 1 fully saturated rings. The molecule has 1 aliphatic heterocycles. The lowest BCUT2D eigenvalue weighted by Gasteiger charge is -2.15. The molecular weight excluding hydrogens is 220 g/mol. The molecule has 2 N–H and O–H groups in total. The average molecular weight is 238 g/mol. The fourth-order valence-corrected chi connectivity index (χ4v) is 3.84. The van der Waals surface area contributed by atoms with Crippen molar-refractivity contribution in [1.82, 2.24) is 4.98 Å². The van der Waals surface area contributed by atoms with Gasteiger partial charge in [-0.25, -0.2) is 4.98 Å². The topological polar surface area (TPSA) is 48.1 Å². The molecule has 16 heavy (non-hydrogen) atoms. The summed E-state index contributed by atoms with van der Waals surface area (Å²) in [6, 6.07) is 0.179. The summed E-state index contributed by atoms with van der Waals surface area (Å²) in [6.45, 7) is 0.926. The molecule has 1 saturated heterocycles. The van der Waals surface area contributed by atoms with E-state index < -0.39 is 0 Å². The van der Waals surface area contributed by atoms with Gasteiger partial charge in [-0.1, -0.05) is 0 Å². The molecule has 2 aliphatic rings. The molecule has 2 unspecified atom stereocenters. The Kier molecular flexibility index (Phi) is 2.96. The van der Waals surface area contributed by atoms with Crippen molar-refractivity contribution in [3.8, 4) is 0 Å². The molecule has 88 valence electrons. The van der Waals surface area contributed by atoms with Gasteiger partial charge >= 0.3 is 0 Å². The summed E-state index contributed by atoms with van der Waals surface area (Å²) in [5, 5.41) is 1.23. The van der Waals surface area contributed by atoms with Crippen molar-refractivity contribution in [2.45, 2.75) is 50.7 Å². The molecule has 0 radical (unpaired) electrons. The van der Waals surface area contributed by atoms with Gasteiger partial charge in [0.2, 0.25) is 0 Å². The summed E-state index contributed by atoms with van der Waals surface area (Å²) in [6.07, 6.45) is 7.28. The Morgan fingerprint density at radius 3 is 3.06 bits per heavy atom. The third-order valence-electron chi connectivity index (χ3n) is 3.47. The number of thiazole rings is 1. The smallest absolute Gasteiger partial charge is 0.0957 e. The molecule has 0 spiro atoms. The standard InChI is InChI=1S/C12H18N2OS/c13-9-4-1-5-10-12(9)14-11(16-10)7-8-3-2-6-15-8/h8-9H,1-7,13H2. The van der Waals surface area contributed by atoms with Crippen LogP contribution in [0.5, 0.6) is 0 Å². The Labute approximate surface area is 100 Å². The molecule has 3 nitrogen and oxygen atoms in total. The van der Waals surface area contributed by atoms with Crippen molar-refractivity contribution in [1.29, 1.82) is 0 Å². The summed E-state index contributed by atoms with van der Waals surface area (Å²) >= 11 is 1.85. The quantitative estimate of drug-likeness (QED) is 0.859. The predicted octanol–water partition coefficient (Wildman–Crippen LogP) is 2.20. The zero-order valence-electron chi connectivity index (χ0n) is 9.45. The molecular formula is C12H18N2OS. The average Bonchev–Trinajstić information content (AvgIpc) is 2.88. The van der Waals surface area contributed by atoms with Crippen LogP contribution in [-0.4, -0.2) is 17.7 Å². The van der Waals surface area contributed by atoms with E-state index in [0.717, 1.165) is 19.4 Å². The Hall–Kier alpha value is -0.450. The van der Waals surface area contributed by atoms with Gasteiger partial charge < -0.3 is 10.5 Å². The van der Waals surface area contributed by atoms with Gasteiger partial charge in [0, 0.05) is 23.9 Å². The third-order valence-corrected chi connectivity index (χ3v) is 4.62. The fraction of sp³-hybridized carbons (Fsp3) is 0.750. The lowest BCUT2D eigenvalue weighted by Crippen LogP contribution is -2.16. The van der Waals surface area contributed by atoms with Crippen molar-refractivity contribution in [3.63, 3.8) is 0 Å². The van der Waals surface area contributed by atoms with Gasteiger partial charge in [-0.15, -0.1) is 11.3 Å². The highest BCUT2D eigenvalue weighted by Crippen LogP contribution is 2.32. The van der Waals surface area contributed by atoms with Gasteiger partial charge in [-0.2, -0.15) is 0 Å². The number of nitrogens with two attached hydrogens (primary N) is 1. The highest BCUT2D eigenvalue weighted by Gasteiger charge is 2.24. The van der Waals surface area contributed by atoms with Gasteiger partial charge in [-0.05, 0) is 32.1 Å². The maximum absolute atomic E-state index is 6.08. The van der Waals surface area contributed by atoms with Crippen LogP contribution in [0, 0.1) is 0 Å². The van der Waals surface area contributed by atoms with Gasteiger partial charge in [0.05, 0.1) is 16.8 Å². The minimum Gasteiger partial charge on any atom is -0.378 e. The molecule has 1 aliphatic carbocycles. The number of aryl methyl sites for hydroxylation is 1. The van der Waals surface area contributed by atoms with Crippen LogP contribution in [0.4, 0.5) is 0 Å². The summed E-state index contributed by atoms with van der Waals surface area (Å²) < 4.78 is 5.65. The second-order valence-corrected chi connectivity index (χ2v) is 5.92. The monoisotopic (exact) mass is 238 g/mol. The van der Waals surface area contributed by atoms with Crippen LogP contribution in [0.15, 0.2) is 0 Å². The van der Waals surface area contributed by atoms with Crippen LogP contribution in [-0.2, 0) is 17.6 Å². The van der Waals surface area contributed by atoms with E-state index in [1.54, 1.807) is 0 Å². The SMILES string of the molecule is NC1CCCc2sc(CC3CCCO3)nc21. The summed E-state index contributed by atoms with van der Waals surface area (Å²) in [5.74, 6) is 0. The van der Waals surface area contributed by atoms with E-state index in [4.69, 9.17) is 15.5 Å². The van der Waals surface area contributed by atoms with Crippen LogP contribution in [0.2, 0.25) is 0 Å². The van der Waals surface area contributed by atoms with Crippen LogP contribution in [0.3, 0.4) is 0 Å². The van der Waals surface area contributed by atoms with Crippen molar-refractivity contribution < 1.29 is 4.74 Å². The third kappa shape index (κ3) is 2.01. The first kappa shape index (κ1) is 10.7. The highest BCUT2D eigenvalue weighted by atomic mass is 32.1. The number of hydrogen-bond donors (Lipinski definition) is 1. The van der Waals surface area contributed by atoms with E-state index in [9.17, 15) is 0 Å². The molecule has 0 bridgehead atoms. The maximum atomic E-state index is 6.08. The Morgan fingerprint density at radius 2 is 2.31 bits per heavy atom. The van der Waals surface area contributed by atoms with Gasteiger partial charge in [0.25, 0.3) is 0 Å². The highest BCUT2D eigenvalue weighted by molar-refractivity contribution is 7.11. The Bertz CT molecular complexity index is 371. The lowest BCUT2D eigenvalue weighted by molar-refractivity contribution is 0.111. The fourth-order valence-electron chi connectivity index (χ4n) is 2.59. The lowest BCUT2D eigenvalue weighted by atomic mass is 9.99. The molecule has 2 heterocycles. The second-order valence-electron chi connectivity index (χ2n) is 4.75. The number of aromatic nitrogens is 1. The van der Waals surface area contributed by atoms with Crippen molar-refractivity contribution >= 4 is 11.3 Å². The van der Waals surface area contributed by atoms with E-state index in [1.165, 1.54) is 41.3 Å². The summed E-state index contributed by atoms with van der Waals surface area (Å²) in [4.78, 5) is 6.13. The van der Waals surface area contributed by atoms with Gasteiger partial charge in [-0.3, -0.25) is 0 Å². The summed E-state index contributed by atoms with van der Waals surface area (Å²) in [7, 11) is 0. The van der Waals surface area contributed by atoms with Crippen LogP contribution in [0.25, 0.3) is 0 Å². The largest absolute Gasteiger partial charge is 0.378 e. The van der Waals surface area contributed by atoms with E-state index in [1.807, 2.05) is 11.3 Å². The minimum absolute atomic E-state index is 0.179. The Morgan fingerprint density at radius 1 is 1.38 bits per heavy atom. The molecule has 0 aromatic carbocycles. The minimum atomic E-state index is 0.179. The maximum Gasteiger partial charge on any atom is 0.0957 e. The first-order valence-corrected chi connectivity index (χ1v) is 7.00. The molecule has 4 heteroatoms. The van der Waals surface area contributed by atoms with Crippen LogP contribution < -0.4 is 5.73 Å². The van der Waals surface area contributed by atoms with Crippen LogP contribution >= 0.6 is 11.3 Å². The predicted molar refractivity (Wildman–Crippen MR) is 64.7 cm³/mol. The molecule has 1 aromatic rings. The molecule has 2 atom stereocenters. The number of hydrogen-bond acceptors (Lipinski definition) is 4. The van der Waals surface area contributed by atoms with Crippen LogP contribution in [0.1, 0.15) is 47.3 Å². The number of fused-ring (bicyclic) bond motifs is 1. The normalized spacial score (nSPS) is 29.3. The van der Waals surface area contributed by atoms with E-state index in [2.05, 4.69) is 0 Å². The van der Waals surface area contributed by atoms with E-state index in [-0.39, 0.29) is 6.04 Å². The van der Waals surface area contributed by atoms with Crippen molar-refractivity contribution in [2.75, 3.05) is 6.61 Å². The molecule has 0 amide bonds.